The number of fused-ring (bicyclic) bond motifs is 1. The number of benzene rings is 1. The third-order valence-corrected chi connectivity index (χ3v) is 5.35. The third-order valence-electron chi connectivity index (χ3n) is 4.03. The Labute approximate surface area is 140 Å². The standard InChI is InChI=1S/C16H18N4O3S/c1-12(21)20-9-5-13-3-4-15(11-14(13)6-10-20)24(22,23)19-16-17-7-2-8-18-16/h2-4,7-8,11H,5-6,9-10H2,1H3,(H,17,18,19). The zero-order chi connectivity index (χ0) is 17.2. The van der Waals surface area contributed by atoms with E-state index < -0.39 is 10.0 Å². The molecule has 24 heavy (non-hydrogen) atoms. The quantitative estimate of drug-likeness (QED) is 0.902. The lowest BCUT2D eigenvalue weighted by atomic mass is 10.0. The van der Waals surface area contributed by atoms with Crippen LogP contribution in [0.2, 0.25) is 0 Å². The molecule has 1 N–H and O–H groups in total. The van der Waals surface area contributed by atoms with Crippen LogP contribution in [0.1, 0.15) is 18.1 Å². The number of anilines is 1. The predicted molar refractivity (Wildman–Crippen MR) is 88.9 cm³/mol. The van der Waals surface area contributed by atoms with E-state index >= 15 is 0 Å². The zero-order valence-electron chi connectivity index (χ0n) is 13.3. The number of hydrogen-bond acceptors (Lipinski definition) is 5. The summed E-state index contributed by atoms with van der Waals surface area (Å²) >= 11 is 0. The van der Waals surface area contributed by atoms with Gasteiger partial charge in [0.1, 0.15) is 0 Å². The van der Waals surface area contributed by atoms with Crippen LogP contribution in [0.25, 0.3) is 0 Å². The Morgan fingerprint density at radius 3 is 2.46 bits per heavy atom. The first-order valence-electron chi connectivity index (χ1n) is 7.63. The van der Waals surface area contributed by atoms with Crippen molar-refractivity contribution in [1.29, 1.82) is 0 Å². The van der Waals surface area contributed by atoms with E-state index in [9.17, 15) is 13.2 Å². The number of hydrogen-bond donors (Lipinski definition) is 1. The first-order chi connectivity index (χ1) is 11.5. The molecule has 0 aliphatic carbocycles. The van der Waals surface area contributed by atoms with Gasteiger partial charge >= 0.3 is 0 Å². The topological polar surface area (TPSA) is 92.3 Å². The fraction of sp³-hybridized carbons (Fsp3) is 0.312. The molecule has 0 bridgehead atoms. The molecule has 0 radical (unpaired) electrons. The molecule has 126 valence electrons. The Hall–Kier alpha value is -2.48. The molecule has 0 saturated heterocycles. The van der Waals surface area contributed by atoms with E-state index in [0.717, 1.165) is 17.5 Å². The average Bonchev–Trinajstić information content (AvgIpc) is 2.77. The summed E-state index contributed by atoms with van der Waals surface area (Å²) < 4.78 is 27.3. The van der Waals surface area contributed by atoms with Crippen molar-refractivity contribution in [2.75, 3.05) is 17.8 Å². The molecule has 1 aromatic heterocycles. The van der Waals surface area contributed by atoms with E-state index in [-0.39, 0.29) is 16.8 Å². The second-order valence-electron chi connectivity index (χ2n) is 5.61. The second kappa shape index (κ2) is 6.56. The lowest BCUT2D eigenvalue weighted by Crippen LogP contribution is -2.30. The summed E-state index contributed by atoms with van der Waals surface area (Å²) in [6.45, 7) is 2.81. The van der Waals surface area contributed by atoms with Gasteiger partial charge in [0.25, 0.3) is 10.0 Å². The van der Waals surface area contributed by atoms with Crippen LogP contribution in [0.4, 0.5) is 5.95 Å². The van der Waals surface area contributed by atoms with Crippen LogP contribution in [-0.2, 0) is 27.7 Å². The van der Waals surface area contributed by atoms with E-state index in [4.69, 9.17) is 0 Å². The summed E-state index contributed by atoms with van der Waals surface area (Å²) in [4.78, 5) is 21.2. The fourth-order valence-electron chi connectivity index (χ4n) is 2.71. The Kier molecular flexibility index (Phi) is 4.48. The first-order valence-corrected chi connectivity index (χ1v) is 9.11. The molecule has 2 aromatic rings. The predicted octanol–water partition coefficient (Wildman–Crippen LogP) is 1.22. The molecule has 2 heterocycles. The Balaban J connectivity index is 1.85. The molecular weight excluding hydrogens is 328 g/mol. The van der Waals surface area contributed by atoms with Gasteiger partial charge in [-0.1, -0.05) is 6.07 Å². The number of carbonyl (C=O) groups is 1. The van der Waals surface area contributed by atoms with E-state index in [1.54, 1.807) is 30.0 Å². The van der Waals surface area contributed by atoms with Gasteiger partial charge in [0.05, 0.1) is 4.90 Å². The van der Waals surface area contributed by atoms with Gasteiger partial charge in [-0.15, -0.1) is 0 Å². The van der Waals surface area contributed by atoms with Gasteiger partial charge in [0, 0.05) is 32.4 Å². The molecule has 1 aliphatic heterocycles. The van der Waals surface area contributed by atoms with Crippen LogP contribution < -0.4 is 4.72 Å². The lowest BCUT2D eigenvalue weighted by Gasteiger charge is -2.17. The SMILES string of the molecule is CC(=O)N1CCc2ccc(S(=O)(=O)Nc3ncccn3)cc2CC1. The highest BCUT2D eigenvalue weighted by molar-refractivity contribution is 7.92. The monoisotopic (exact) mass is 346 g/mol. The first kappa shape index (κ1) is 16.4. The van der Waals surface area contributed by atoms with E-state index in [2.05, 4.69) is 14.7 Å². The molecule has 3 rings (SSSR count). The van der Waals surface area contributed by atoms with E-state index in [0.29, 0.717) is 19.5 Å². The number of amides is 1. The van der Waals surface area contributed by atoms with Crippen molar-refractivity contribution in [2.24, 2.45) is 0 Å². The molecule has 0 spiro atoms. The van der Waals surface area contributed by atoms with Gasteiger partial charge in [-0.25, -0.2) is 23.1 Å². The maximum Gasteiger partial charge on any atom is 0.264 e. The Morgan fingerprint density at radius 1 is 1.12 bits per heavy atom. The molecule has 1 aliphatic rings. The van der Waals surface area contributed by atoms with Crippen LogP contribution >= 0.6 is 0 Å². The van der Waals surface area contributed by atoms with Gasteiger partial charge in [-0.3, -0.25) is 4.79 Å². The largest absolute Gasteiger partial charge is 0.342 e. The summed E-state index contributed by atoms with van der Waals surface area (Å²) in [5.74, 6) is 0.0775. The van der Waals surface area contributed by atoms with E-state index in [1.165, 1.54) is 12.4 Å². The molecular formula is C16H18N4O3S. The normalized spacial score (nSPS) is 14.6. The average molecular weight is 346 g/mol. The zero-order valence-corrected chi connectivity index (χ0v) is 14.1. The molecule has 1 amide bonds. The summed E-state index contributed by atoms with van der Waals surface area (Å²) in [6.07, 6.45) is 4.31. The van der Waals surface area contributed by atoms with Crippen molar-refractivity contribution in [3.05, 3.63) is 47.8 Å². The number of rotatable bonds is 3. The highest BCUT2D eigenvalue weighted by Gasteiger charge is 2.20. The highest BCUT2D eigenvalue weighted by Crippen LogP contribution is 2.21. The second-order valence-corrected chi connectivity index (χ2v) is 7.30. The molecule has 0 unspecified atom stereocenters. The van der Waals surface area contributed by atoms with Crippen LogP contribution in [0.5, 0.6) is 0 Å². The van der Waals surface area contributed by atoms with Crippen molar-refractivity contribution >= 4 is 21.9 Å². The smallest absolute Gasteiger partial charge is 0.264 e. The number of carbonyl (C=O) groups excluding carboxylic acids is 1. The minimum absolute atomic E-state index is 0.0372. The fourth-order valence-corrected chi connectivity index (χ4v) is 3.72. The number of nitrogens with one attached hydrogen (secondary N) is 1. The summed E-state index contributed by atoms with van der Waals surface area (Å²) in [5.41, 5.74) is 2.03. The van der Waals surface area contributed by atoms with Crippen LogP contribution in [-0.4, -0.2) is 42.3 Å². The molecule has 1 aromatic carbocycles. The van der Waals surface area contributed by atoms with Gasteiger partial charge in [-0.05, 0) is 42.2 Å². The van der Waals surface area contributed by atoms with Crippen molar-refractivity contribution in [3.8, 4) is 0 Å². The van der Waals surface area contributed by atoms with Gasteiger partial charge in [0.2, 0.25) is 11.9 Å². The van der Waals surface area contributed by atoms with Crippen LogP contribution in [0, 0.1) is 0 Å². The molecule has 0 fully saturated rings. The van der Waals surface area contributed by atoms with Gasteiger partial charge < -0.3 is 4.90 Å². The summed E-state index contributed by atoms with van der Waals surface area (Å²) in [7, 11) is -3.74. The number of sulfonamides is 1. The van der Waals surface area contributed by atoms with Crippen molar-refractivity contribution in [3.63, 3.8) is 0 Å². The van der Waals surface area contributed by atoms with Crippen molar-refractivity contribution in [2.45, 2.75) is 24.7 Å². The lowest BCUT2D eigenvalue weighted by molar-refractivity contribution is -0.128. The minimum atomic E-state index is -3.74. The third kappa shape index (κ3) is 3.53. The molecule has 0 saturated carbocycles. The summed E-state index contributed by atoms with van der Waals surface area (Å²) in [5, 5.41) is 0. The van der Waals surface area contributed by atoms with Crippen molar-refractivity contribution in [1.82, 2.24) is 14.9 Å². The number of aromatic nitrogens is 2. The molecule has 7 nitrogen and oxygen atoms in total. The highest BCUT2D eigenvalue weighted by atomic mass is 32.2. The Morgan fingerprint density at radius 2 is 1.79 bits per heavy atom. The molecule has 0 atom stereocenters. The van der Waals surface area contributed by atoms with Crippen LogP contribution in [0.3, 0.4) is 0 Å². The Bertz CT molecular complexity index is 853. The maximum absolute atomic E-state index is 12.5. The molecule has 8 heteroatoms. The van der Waals surface area contributed by atoms with Gasteiger partial charge in [0.15, 0.2) is 0 Å². The van der Waals surface area contributed by atoms with Crippen molar-refractivity contribution < 1.29 is 13.2 Å². The summed E-state index contributed by atoms with van der Waals surface area (Å²) in [6, 6.07) is 6.68. The maximum atomic E-state index is 12.5. The van der Waals surface area contributed by atoms with E-state index in [1.807, 2.05) is 6.07 Å². The van der Waals surface area contributed by atoms with Gasteiger partial charge in [-0.2, -0.15) is 0 Å². The van der Waals surface area contributed by atoms with Crippen LogP contribution in [0.15, 0.2) is 41.6 Å². The minimum Gasteiger partial charge on any atom is -0.342 e. The number of nitrogens with zero attached hydrogens (tertiary/aromatic N) is 3.